The Morgan fingerprint density at radius 3 is 2.37 bits per heavy atom. The van der Waals surface area contributed by atoms with E-state index in [1.54, 1.807) is 0 Å². The fourth-order valence-corrected chi connectivity index (χ4v) is 1.62. The van der Waals surface area contributed by atoms with Crippen LogP contribution in [0.15, 0.2) is 10.8 Å². The van der Waals surface area contributed by atoms with Crippen LogP contribution in [0.1, 0.15) is 13.3 Å². The van der Waals surface area contributed by atoms with Gasteiger partial charge in [-0.3, -0.25) is 0 Å². The predicted octanol–water partition coefficient (Wildman–Crippen LogP) is 3.37. The lowest BCUT2D eigenvalue weighted by Crippen LogP contribution is -2.35. The average molecular weight is 345 g/mol. The summed E-state index contributed by atoms with van der Waals surface area (Å²) < 4.78 is 49.9. The maximum atomic E-state index is 12.8. The quantitative estimate of drug-likeness (QED) is 0.744. The lowest BCUT2D eigenvalue weighted by atomic mass is 10.3. The lowest BCUT2D eigenvalue weighted by molar-refractivity contribution is -0.117. The summed E-state index contributed by atoms with van der Waals surface area (Å²) in [5.41, 5.74) is 0. The molecule has 0 aliphatic carbocycles. The highest BCUT2D eigenvalue weighted by Crippen LogP contribution is 2.28. The highest BCUT2D eigenvalue weighted by molar-refractivity contribution is 9.10. The van der Waals surface area contributed by atoms with Gasteiger partial charge in [0.15, 0.2) is 0 Å². The van der Waals surface area contributed by atoms with Crippen LogP contribution in [0.5, 0.6) is 0 Å². The molecular formula is C10H13BrF4N4. The minimum atomic E-state index is -4.11. The van der Waals surface area contributed by atoms with Gasteiger partial charge in [0, 0.05) is 6.54 Å². The van der Waals surface area contributed by atoms with Gasteiger partial charge in [-0.25, -0.2) is 18.7 Å². The van der Waals surface area contributed by atoms with E-state index in [1.165, 1.54) is 0 Å². The summed E-state index contributed by atoms with van der Waals surface area (Å²) in [5, 5.41) is 5.13. The third-order valence-corrected chi connectivity index (χ3v) is 2.89. The van der Waals surface area contributed by atoms with Crippen molar-refractivity contribution in [1.82, 2.24) is 9.97 Å². The lowest BCUT2D eigenvalue weighted by Gasteiger charge is -2.17. The van der Waals surface area contributed by atoms with E-state index in [0.29, 0.717) is 16.8 Å². The van der Waals surface area contributed by atoms with Crippen LogP contribution in [0, 0.1) is 0 Å². The molecule has 108 valence electrons. The van der Waals surface area contributed by atoms with Gasteiger partial charge in [-0.05, 0) is 22.4 Å². The second-order valence-electron chi connectivity index (χ2n) is 3.73. The number of nitrogens with one attached hydrogen (secondary N) is 2. The van der Waals surface area contributed by atoms with Gasteiger partial charge in [0.1, 0.15) is 22.4 Å². The smallest absolute Gasteiger partial charge is 0.324 e. The Kier molecular flexibility index (Phi) is 5.77. The predicted molar refractivity (Wildman–Crippen MR) is 68.0 cm³/mol. The molecule has 0 atom stereocenters. The number of anilines is 2. The molecule has 19 heavy (non-hydrogen) atoms. The van der Waals surface area contributed by atoms with Gasteiger partial charge >= 0.3 is 12.3 Å². The summed E-state index contributed by atoms with van der Waals surface area (Å²) in [6.45, 7) is 1.39. The number of hydrogen-bond acceptors (Lipinski definition) is 4. The molecular weight excluding hydrogens is 332 g/mol. The minimum absolute atomic E-state index is 0.0360. The number of alkyl halides is 4. The second-order valence-corrected chi connectivity index (χ2v) is 4.52. The van der Waals surface area contributed by atoms with Gasteiger partial charge in [-0.15, -0.1) is 0 Å². The Morgan fingerprint density at radius 1 is 1.26 bits per heavy atom. The van der Waals surface area contributed by atoms with Crippen LogP contribution in [0.2, 0.25) is 0 Å². The van der Waals surface area contributed by atoms with Crippen molar-refractivity contribution in [3.8, 4) is 0 Å². The third-order valence-electron chi connectivity index (χ3n) is 2.14. The molecule has 0 fully saturated rings. The van der Waals surface area contributed by atoms with Crippen molar-refractivity contribution in [2.75, 3.05) is 23.7 Å². The van der Waals surface area contributed by atoms with Crippen LogP contribution >= 0.6 is 15.9 Å². The number of rotatable bonds is 7. The Hall–Kier alpha value is -1.12. The van der Waals surface area contributed by atoms with Crippen LogP contribution in [0.25, 0.3) is 0 Å². The topological polar surface area (TPSA) is 49.8 Å². The first kappa shape index (κ1) is 15.9. The first-order valence-corrected chi connectivity index (χ1v) is 6.32. The zero-order valence-corrected chi connectivity index (χ0v) is 11.6. The van der Waals surface area contributed by atoms with Gasteiger partial charge < -0.3 is 10.6 Å². The summed E-state index contributed by atoms with van der Waals surface area (Å²) in [5.74, 6) is -3.66. The largest absolute Gasteiger partial charge is 0.369 e. The van der Waals surface area contributed by atoms with E-state index in [0.717, 1.165) is 12.7 Å². The van der Waals surface area contributed by atoms with E-state index >= 15 is 0 Å². The molecule has 0 aliphatic heterocycles. The summed E-state index contributed by atoms with van der Waals surface area (Å²) in [6, 6.07) is 0. The van der Waals surface area contributed by atoms with E-state index in [2.05, 4.69) is 36.5 Å². The maximum absolute atomic E-state index is 12.8. The summed E-state index contributed by atoms with van der Waals surface area (Å²) in [4.78, 5) is 7.63. The Morgan fingerprint density at radius 2 is 1.84 bits per heavy atom. The molecule has 0 saturated heterocycles. The third kappa shape index (κ3) is 4.48. The molecule has 0 amide bonds. The average Bonchev–Trinajstić information content (AvgIpc) is 2.36. The van der Waals surface area contributed by atoms with Gasteiger partial charge in [0.2, 0.25) is 0 Å². The van der Waals surface area contributed by atoms with Crippen LogP contribution in [-0.4, -0.2) is 35.4 Å². The summed E-state index contributed by atoms with van der Waals surface area (Å²) in [6.07, 6.45) is -1.72. The molecule has 1 rings (SSSR count). The molecule has 4 nitrogen and oxygen atoms in total. The van der Waals surface area contributed by atoms with Crippen LogP contribution in [-0.2, 0) is 0 Å². The van der Waals surface area contributed by atoms with Crippen molar-refractivity contribution >= 4 is 27.6 Å². The van der Waals surface area contributed by atoms with E-state index < -0.39 is 18.9 Å². The van der Waals surface area contributed by atoms with Crippen molar-refractivity contribution < 1.29 is 17.6 Å². The molecule has 0 bridgehead atoms. The van der Waals surface area contributed by atoms with E-state index in [1.807, 2.05) is 6.92 Å². The van der Waals surface area contributed by atoms with Gasteiger partial charge in [0.25, 0.3) is 0 Å². The van der Waals surface area contributed by atoms with Gasteiger partial charge in [-0.2, -0.15) is 8.78 Å². The first-order valence-electron chi connectivity index (χ1n) is 5.52. The first-order chi connectivity index (χ1) is 8.88. The highest BCUT2D eigenvalue weighted by Gasteiger charge is 2.40. The van der Waals surface area contributed by atoms with Crippen molar-refractivity contribution in [2.24, 2.45) is 0 Å². The summed E-state index contributed by atoms with van der Waals surface area (Å²) >= 11 is 3.13. The van der Waals surface area contributed by atoms with Crippen LogP contribution in [0.3, 0.4) is 0 Å². The fraction of sp³-hybridized carbons (Fsp3) is 0.600. The molecule has 9 heteroatoms. The van der Waals surface area contributed by atoms with E-state index in [9.17, 15) is 17.6 Å². The molecule has 1 aromatic rings. The molecule has 1 heterocycles. The Labute approximate surface area is 116 Å². The SMILES string of the molecule is CCCNc1ncnc(NCC(F)(F)C(F)F)c1Br. The monoisotopic (exact) mass is 344 g/mol. The van der Waals surface area contributed by atoms with E-state index in [-0.39, 0.29) is 5.82 Å². The maximum Gasteiger partial charge on any atom is 0.324 e. The van der Waals surface area contributed by atoms with Gasteiger partial charge in [0.05, 0.1) is 6.54 Å². The Bertz CT molecular complexity index is 417. The van der Waals surface area contributed by atoms with Crippen LogP contribution in [0.4, 0.5) is 29.2 Å². The number of hydrogen-bond donors (Lipinski definition) is 2. The number of nitrogens with zero attached hydrogens (tertiary/aromatic N) is 2. The zero-order chi connectivity index (χ0) is 14.5. The van der Waals surface area contributed by atoms with Gasteiger partial charge in [-0.1, -0.05) is 6.92 Å². The molecule has 0 saturated carbocycles. The highest BCUT2D eigenvalue weighted by atomic mass is 79.9. The van der Waals surface area contributed by atoms with Crippen molar-refractivity contribution in [3.05, 3.63) is 10.8 Å². The second kappa shape index (κ2) is 6.88. The zero-order valence-electron chi connectivity index (χ0n) is 10.1. The molecule has 0 radical (unpaired) electrons. The molecule has 0 aromatic carbocycles. The molecule has 1 aromatic heterocycles. The van der Waals surface area contributed by atoms with Crippen LogP contribution < -0.4 is 10.6 Å². The molecule has 0 unspecified atom stereocenters. The standard InChI is InChI=1S/C10H13BrF4N4/c1-2-3-16-7-6(11)8(19-5-18-7)17-4-10(14,15)9(12)13/h5,9H,2-4H2,1H3,(H2,16,17,18,19). The molecule has 0 spiro atoms. The minimum Gasteiger partial charge on any atom is -0.369 e. The van der Waals surface area contributed by atoms with Crippen molar-refractivity contribution in [3.63, 3.8) is 0 Å². The molecule has 0 aliphatic rings. The number of aromatic nitrogens is 2. The summed E-state index contributed by atoms with van der Waals surface area (Å²) in [7, 11) is 0. The normalized spacial score (nSPS) is 11.7. The Balaban J connectivity index is 2.74. The number of halogens is 5. The van der Waals surface area contributed by atoms with Crippen molar-refractivity contribution in [1.29, 1.82) is 0 Å². The fourth-order valence-electron chi connectivity index (χ4n) is 1.14. The van der Waals surface area contributed by atoms with E-state index in [4.69, 9.17) is 0 Å². The van der Waals surface area contributed by atoms with Crippen molar-refractivity contribution in [2.45, 2.75) is 25.7 Å². The molecule has 2 N–H and O–H groups in total.